The van der Waals surface area contributed by atoms with Crippen LogP contribution in [0, 0.1) is 0 Å². The molecule has 0 saturated carbocycles. The lowest BCUT2D eigenvalue weighted by Crippen LogP contribution is -2.12. The number of aryl methyl sites for hydroxylation is 1. The number of halogens is 2. The molecule has 2 aromatic rings. The largest absolute Gasteiger partial charge is 0.294 e. The molecule has 0 amide bonds. The maximum absolute atomic E-state index is 13.3. The van der Waals surface area contributed by atoms with Gasteiger partial charge in [0, 0.05) is 14.0 Å². The summed E-state index contributed by atoms with van der Waals surface area (Å²) in [6.07, 6.45) is 0. The number of hydrogen-bond donors (Lipinski definition) is 0. The molecule has 0 unspecified atom stereocenters. The Morgan fingerprint density at radius 3 is 2.56 bits per heavy atom. The predicted octanol–water partition coefficient (Wildman–Crippen LogP) is 3.46. The van der Waals surface area contributed by atoms with Gasteiger partial charge in [-0.05, 0) is 25.1 Å². The van der Waals surface area contributed by atoms with Gasteiger partial charge < -0.3 is 0 Å². The summed E-state index contributed by atoms with van der Waals surface area (Å²) in [5.74, 6) is -2.97. The molecule has 0 fully saturated rings. The molecule has 0 aliphatic rings. The van der Waals surface area contributed by atoms with Crippen LogP contribution in [-0.2, 0) is 13.0 Å². The lowest BCUT2D eigenvalue weighted by Gasteiger charge is -2.08. The van der Waals surface area contributed by atoms with Crippen LogP contribution in [0.3, 0.4) is 0 Å². The van der Waals surface area contributed by atoms with E-state index in [2.05, 4.69) is 5.10 Å². The number of carbonyl (C=O) groups is 1. The summed E-state index contributed by atoms with van der Waals surface area (Å²) in [6, 6.07) is 4.76. The third-order valence-corrected chi connectivity index (χ3v) is 3.74. The van der Waals surface area contributed by atoms with Crippen LogP contribution in [-0.4, -0.2) is 15.6 Å². The van der Waals surface area contributed by atoms with E-state index in [0.717, 1.165) is 6.92 Å². The molecular formula is C12H12F2N2OS. The van der Waals surface area contributed by atoms with E-state index in [1.165, 1.54) is 36.1 Å². The number of rotatable bonds is 3. The Morgan fingerprint density at radius 2 is 2.11 bits per heavy atom. The highest BCUT2D eigenvalue weighted by atomic mass is 32.1. The predicted molar refractivity (Wildman–Crippen MR) is 66.1 cm³/mol. The average Bonchev–Trinajstić information content (AvgIpc) is 2.81. The molecule has 0 saturated heterocycles. The van der Waals surface area contributed by atoms with Gasteiger partial charge in [-0.2, -0.15) is 13.9 Å². The van der Waals surface area contributed by atoms with Gasteiger partial charge in [0.1, 0.15) is 11.4 Å². The van der Waals surface area contributed by atoms with Crippen molar-refractivity contribution in [2.45, 2.75) is 19.8 Å². The molecule has 0 aliphatic carbocycles. The van der Waals surface area contributed by atoms with E-state index in [1.54, 1.807) is 12.1 Å². The van der Waals surface area contributed by atoms with Gasteiger partial charge >= 0.3 is 0 Å². The number of hydrogen-bond acceptors (Lipinski definition) is 3. The maximum atomic E-state index is 13.3. The van der Waals surface area contributed by atoms with E-state index in [1.807, 2.05) is 0 Å². The van der Waals surface area contributed by atoms with Crippen LogP contribution in [0.15, 0.2) is 18.2 Å². The molecule has 6 heteroatoms. The molecule has 18 heavy (non-hydrogen) atoms. The minimum absolute atomic E-state index is 0.0387. The van der Waals surface area contributed by atoms with Crippen LogP contribution < -0.4 is 0 Å². The van der Waals surface area contributed by atoms with Crippen LogP contribution in [0.2, 0.25) is 0 Å². The number of alkyl halides is 2. The van der Waals surface area contributed by atoms with Gasteiger partial charge in [0.25, 0.3) is 5.92 Å². The van der Waals surface area contributed by atoms with E-state index in [4.69, 9.17) is 0 Å². The minimum atomic E-state index is -2.93. The van der Waals surface area contributed by atoms with Gasteiger partial charge in [0.15, 0.2) is 5.78 Å². The van der Waals surface area contributed by atoms with Crippen molar-refractivity contribution in [3.63, 3.8) is 0 Å². The second kappa shape index (κ2) is 4.28. The Labute approximate surface area is 107 Å². The molecule has 96 valence electrons. The molecule has 0 radical (unpaired) electrons. The Bertz CT molecular complexity index is 595. The Hall–Kier alpha value is -1.56. The van der Waals surface area contributed by atoms with E-state index in [0.29, 0.717) is 15.4 Å². The Morgan fingerprint density at radius 1 is 1.44 bits per heavy atom. The number of carbonyl (C=O) groups excluding carboxylic acids is 1. The third kappa shape index (κ3) is 2.33. The molecule has 0 spiro atoms. The summed E-state index contributed by atoms with van der Waals surface area (Å²) in [7, 11) is 1.48. The average molecular weight is 270 g/mol. The van der Waals surface area contributed by atoms with Gasteiger partial charge in [-0.25, -0.2) is 0 Å². The summed E-state index contributed by atoms with van der Waals surface area (Å²) >= 11 is 1.26. The van der Waals surface area contributed by atoms with Crippen LogP contribution in [0.5, 0.6) is 0 Å². The van der Waals surface area contributed by atoms with E-state index in [9.17, 15) is 13.6 Å². The van der Waals surface area contributed by atoms with Crippen molar-refractivity contribution in [2.24, 2.45) is 7.05 Å². The van der Waals surface area contributed by atoms with Crippen molar-refractivity contribution in [1.82, 2.24) is 9.78 Å². The first-order chi connectivity index (χ1) is 8.29. The van der Waals surface area contributed by atoms with Crippen molar-refractivity contribution < 1.29 is 13.6 Å². The standard InChI is InChI=1S/C12H12F2N2OS/c1-7(17)9-4-5-10(18-9)8-6-11(12(2,13)14)16(3)15-8/h4-6H,1-3H3. The molecular weight excluding hydrogens is 258 g/mol. The molecule has 0 atom stereocenters. The summed E-state index contributed by atoms with van der Waals surface area (Å²) in [5.41, 5.74) is 0.321. The first kappa shape index (κ1) is 12.9. The highest BCUT2D eigenvalue weighted by molar-refractivity contribution is 7.17. The fraction of sp³-hybridized carbons (Fsp3) is 0.333. The lowest BCUT2D eigenvalue weighted by molar-refractivity contribution is 0.00883. The minimum Gasteiger partial charge on any atom is -0.294 e. The number of thiophene rings is 1. The highest BCUT2D eigenvalue weighted by Crippen LogP contribution is 2.32. The number of nitrogens with zero attached hydrogens (tertiary/aromatic N) is 2. The van der Waals surface area contributed by atoms with Crippen molar-refractivity contribution >= 4 is 17.1 Å². The van der Waals surface area contributed by atoms with Gasteiger partial charge in [0.05, 0.1) is 9.75 Å². The molecule has 2 rings (SSSR count). The van der Waals surface area contributed by atoms with Crippen LogP contribution in [0.1, 0.15) is 29.2 Å². The Kier molecular flexibility index (Phi) is 3.06. The summed E-state index contributed by atoms with van der Waals surface area (Å²) in [5, 5.41) is 4.06. The van der Waals surface area contributed by atoms with Crippen LogP contribution in [0.25, 0.3) is 10.6 Å². The van der Waals surface area contributed by atoms with Crippen LogP contribution in [0.4, 0.5) is 8.78 Å². The summed E-state index contributed by atoms with van der Waals surface area (Å²) in [6.45, 7) is 2.31. The number of Topliss-reactive ketones (excluding diaryl/α,β-unsaturated/α-hetero) is 1. The third-order valence-electron chi connectivity index (χ3n) is 2.54. The molecule has 3 nitrogen and oxygen atoms in total. The molecule has 2 heterocycles. The first-order valence-corrected chi connectivity index (χ1v) is 6.14. The Balaban J connectivity index is 2.42. The van der Waals surface area contributed by atoms with Crippen molar-refractivity contribution in [1.29, 1.82) is 0 Å². The quantitative estimate of drug-likeness (QED) is 0.800. The molecule has 0 N–H and O–H groups in total. The second-order valence-corrected chi connectivity index (χ2v) is 5.23. The van der Waals surface area contributed by atoms with Gasteiger partial charge in [-0.1, -0.05) is 0 Å². The SMILES string of the molecule is CC(=O)c1ccc(-c2cc(C(C)(F)F)n(C)n2)s1. The zero-order valence-electron chi connectivity index (χ0n) is 10.2. The van der Waals surface area contributed by atoms with Crippen LogP contribution >= 0.6 is 11.3 Å². The second-order valence-electron chi connectivity index (χ2n) is 4.15. The molecule has 0 aromatic carbocycles. The fourth-order valence-electron chi connectivity index (χ4n) is 1.66. The molecule has 0 bridgehead atoms. The first-order valence-electron chi connectivity index (χ1n) is 5.32. The molecule has 0 aliphatic heterocycles. The lowest BCUT2D eigenvalue weighted by atomic mass is 10.2. The maximum Gasteiger partial charge on any atom is 0.286 e. The molecule has 2 aromatic heterocycles. The number of ketones is 1. The zero-order chi connectivity index (χ0) is 13.5. The summed E-state index contributed by atoms with van der Waals surface area (Å²) < 4.78 is 27.7. The van der Waals surface area contributed by atoms with Gasteiger partial charge in [-0.15, -0.1) is 11.3 Å². The van der Waals surface area contributed by atoms with Gasteiger partial charge in [0.2, 0.25) is 0 Å². The van der Waals surface area contributed by atoms with Crippen molar-refractivity contribution in [3.8, 4) is 10.6 Å². The van der Waals surface area contributed by atoms with Gasteiger partial charge in [-0.3, -0.25) is 9.48 Å². The normalized spacial score (nSPS) is 11.8. The number of aromatic nitrogens is 2. The summed E-state index contributed by atoms with van der Waals surface area (Å²) in [4.78, 5) is 12.5. The smallest absolute Gasteiger partial charge is 0.286 e. The van der Waals surface area contributed by atoms with E-state index in [-0.39, 0.29) is 11.5 Å². The van der Waals surface area contributed by atoms with E-state index >= 15 is 0 Å². The van der Waals surface area contributed by atoms with Crippen molar-refractivity contribution in [3.05, 3.63) is 28.8 Å². The topological polar surface area (TPSA) is 34.9 Å². The van der Waals surface area contributed by atoms with Crippen molar-refractivity contribution in [2.75, 3.05) is 0 Å². The van der Waals surface area contributed by atoms with E-state index < -0.39 is 5.92 Å². The highest BCUT2D eigenvalue weighted by Gasteiger charge is 2.29. The fourth-order valence-corrected chi connectivity index (χ4v) is 2.52. The monoisotopic (exact) mass is 270 g/mol. The zero-order valence-corrected chi connectivity index (χ0v) is 11.0.